The lowest BCUT2D eigenvalue weighted by Gasteiger charge is -2.22. The minimum absolute atomic E-state index is 0.0947. The molecule has 31 heavy (non-hydrogen) atoms. The summed E-state index contributed by atoms with van der Waals surface area (Å²) in [6.45, 7) is 2.90. The minimum atomic E-state index is -0.339. The third-order valence-corrected chi connectivity index (χ3v) is 6.64. The van der Waals surface area contributed by atoms with Gasteiger partial charge < -0.3 is 10.2 Å². The Hall–Kier alpha value is -2.48. The Morgan fingerprint density at radius 3 is 2.68 bits per heavy atom. The van der Waals surface area contributed by atoms with Crippen LogP contribution in [0.4, 0.5) is 10.1 Å². The van der Waals surface area contributed by atoms with E-state index in [0.29, 0.717) is 36.8 Å². The molecule has 5 nitrogen and oxygen atoms in total. The van der Waals surface area contributed by atoms with Crippen LogP contribution in [0.5, 0.6) is 0 Å². The molecule has 0 unspecified atom stereocenters. The summed E-state index contributed by atoms with van der Waals surface area (Å²) in [7, 11) is 0. The van der Waals surface area contributed by atoms with Crippen molar-refractivity contribution in [3.8, 4) is 0 Å². The largest absolute Gasteiger partial charge is 0.341 e. The van der Waals surface area contributed by atoms with Crippen molar-refractivity contribution in [1.29, 1.82) is 0 Å². The van der Waals surface area contributed by atoms with E-state index >= 15 is 0 Å². The number of carbonyl (C=O) groups is 2. The number of hydrogen-bond acceptors (Lipinski definition) is 4. The summed E-state index contributed by atoms with van der Waals surface area (Å²) in [5.41, 5.74) is 1.58. The molecule has 0 saturated carbocycles. The van der Waals surface area contributed by atoms with Crippen molar-refractivity contribution in [3.63, 3.8) is 0 Å². The highest BCUT2D eigenvalue weighted by molar-refractivity contribution is 7.17. The van der Waals surface area contributed by atoms with Gasteiger partial charge in [-0.15, -0.1) is 11.3 Å². The first-order valence-electron chi connectivity index (χ1n) is 10.2. The van der Waals surface area contributed by atoms with Crippen molar-refractivity contribution < 1.29 is 14.0 Å². The van der Waals surface area contributed by atoms with Crippen LogP contribution in [-0.4, -0.2) is 54.3 Å². The van der Waals surface area contributed by atoms with Gasteiger partial charge >= 0.3 is 0 Å². The number of carbonyl (C=O) groups excluding carboxylic acids is 2. The lowest BCUT2D eigenvalue weighted by atomic mass is 10.1. The van der Waals surface area contributed by atoms with Gasteiger partial charge in [0, 0.05) is 41.6 Å². The molecule has 8 heteroatoms. The van der Waals surface area contributed by atoms with E-state index < -0.39 is 0 Å². The van der Waals surface area contributed by atoms with E-state index in [-0.39, 0.29) is 24.2 Å². The highest BCUT2D eigenvalue weighted by atomic mass is 35.5. The predicted molar refractivity (Wildman–Crippen MR) is 123 cm³/mol. The normalized spacial score (nSPS) is 15.1. The molecule has 2 aromatic carbocycles. The highest BCUT2D eigenvalue weighted by Gasteiger charge is 2.21. The molecule has 1 fully saturated rings. The van der Waals surface area contributed by atoms with Crippen LogP contribution in [0.25, 0.3) is 10.1 Å². The fourth-order valence-corrected chi connectivity index (χ4v) is 4.90. The number of nitrogens with zero attached hydrogens (tertiary/aromatic N) is 2. The van der Waals surface area contributed by atoms with E-state index in [9.17, 15) is 14.0 Å². The van der Waals surface area contributed by atoms with E-state index in [1.165, 1.54) is 24.3 Å². The van der Waals surface area contributed by atoms with Crippen LogP contribution < -0.4 is 5.32 Å². The summed E-state index contributed by atoms with van der Waals surface area (Å²) in [5.74, 6) is -0.390. The van der Waals surface area contributed by atoms with Crippen molar-refractivity contribution in [2.75, 3.05) is 38.0 Å². The molecule has 1 aliphatic rings. The Kier molecular flexibility index (Phi) is 6.85. The second-order valence-electron chi connectivity index (χ2n) is 7.64. The van der Waals surface area contributed by atoms with E-state index in [1.807, 2.05) is 33.4 Å². The first-order valence-corrected chi connectivity index (χ1v) is 11.4. The summed E-state index contributed by atoms with van der Waals surface area (Å²) in [6.07, 6.45) is 1.16. The molecule has 0 spiro atoms. The van der Waals surface area contributed by atoms with Crippen LogP contribution in [-0.2, 0) is 16.0 Å². The van der Waals surface area contributed by atoms with Crippen LogP contribution in [0.1, 0.15) is 12.0 Å². The van der Waals surface area contributed by atoms with E-state index in [0.717, 1.165) is 28.6 Å². The molecule has 1 aliphatic heterocycles. The molecule has 3 aromatic rings. The van der Waals surface area contributed by atoms with Gasteiger partial charge in [-0.1, -0.05) is 11.6 Å². The number of rotatable bonds is 5. The summed E-state index contributed by atoms with van der Waals surface area (Å²) >= 11 is 7.75. The molecule has 162 valence electrons. The zero-order valence-corrected chi connectivity index (χ0v) is 18.5. The molecule has 2 heterocycles. The molecule has 0 atom stereocenters. The SMILES string of the molecule is O=C(CN1CCCN(C(=O)Cc2csc3ccc(Cl)cc23)CC1)Nc1ccc(F)cc1. The number of hydrogen-bond donors (Lipinski definition) is 1. The molecule has 0 aliphatic carbocycles. The molecule has 1 saturated heterocycles. The monoisotopic (exact) mass is 459 g/mol. The fraction of sp³-hybridized carbons (Fsp3) is 0.304. The Balaban J connectivity index is 1.30. The Morgan fingerprint density at radius 2 is 1.87 bits per heavy atom. The molecular formula is C23H23ClFN3O2S. The average molecular weight is 460 g/mol. The van der Waals surface area contributed by atoms with E-state index in [4.69, 9.17) is 11.6 Å². The molecule has 0 radical (unpaired) electrons. The van der Waals surface area contributed by atoms with Gasteiger partial charge in [-0.05, 0) is 65.2 Å². The van der Waals surface area contributed by atoms with Gasteiger partial charge in [0.2, 0.25) is 11.8 Å². The van der Waals surface area contributed by atoms with Crippen LogP contribution >= 0.6 is 22.9 Å². The van der Waals surface area contributed by atoms with Gasteiger partial charge in [0.15, 0.2) is 0 Å². The zero-order valence-electron chi connectivity index (χ0n) is 16.9. The number of halogens is 2. The number of thiophene rings is 1. The summed E-state index contributed by atoms with van der Waals surface area (Å²) in [4.78, 5) is 29.2. The summed E-state index contributed by atoms with van der Waals surface area (Å²) < 4.78 is 14.1. The van der Waals surface area contributed by atoms with Gasteiger partial charge in [0.1, 0.15) is 5.82 Å². The van der Waals surface area contributed by atoms with E-state index in [2.05, 4.69) is 5.32 Å². The predicted octanol–water partition coefficient (Wildman–Crippen LogP) is 4.41. The second-order valence-corrected chi connectivity index (χ2v) is 8.99. The van der Waals surface area contributed by atoms with Crippen LogP contribution in [0, 0.1) is 5.82 Å². The van der Waals surface area contributed by atoms with Crippen molar-refractivity contribution >= 4 is 50.5 Å². The standard InChI is InChI=1S/C23H23ClFN3O2S/c24-17-2-7-21-20(13-17)16(15-31-21)12-23(30)28-9-1-8-27(10-11-28)14-22(29)26-19-5-3-18(25)4-6-19/h2-7,13,15H,1,8-12,14H2,(H,26,29). The Bertz CT molecular complexity index is 1090. The smallest absolute Gasteiger partial charge is 0.238 e. The van der Waals surface area contributed by atoms with Crippen LogP contribution in [0.15, 0.2) is 47.8 Å². The number of amides is 2. The van der Waals surface area contributed by atoms with Crippen LogP contribution in [0.2, 0.25) is 5.02 Å². The number of anilines is 1. The maximum absolute atomic E-state index is 13.0. The summed E-state index contributed by atoms with van der Waals surface area (Å²) in [5, 5.41) is 6.53. The van der Waals surface area contributed by atoms with E-state index in [1.54, 1.807) is 11.3 Å². The Labute approximate surface area is 189 Å². The van der Waals surface area contributed by atoms with Crippen molar-refractivity contribution in [2.24, 2.45) is 0 Å². The van der Waals surface area contributed by atoms with Crippen molar-refractivity contribution in [1.82, 2.24) is 9.80 Å². The third-order valence-electron chi connectivity index (χ3n) is 5.39. The van der Waals surface area contributed by atoms with Crippen molar-refractivity contribution in [3.05, 3.63) is 64.2 Å². The molecule has 1 N–H and O–H groups in total. The highest BCUT2D eigenvalue weighted by Crippen LogP contribution is 2.29. The van der Waals surface area contributed by atoms with Gasteiger partial charge in [0.25, 0.3) is 0 Å². The number of nitrogens with one attached hydrogen (secondary N) is 1. The fourth-order valence-electron chi connectivity index (χ4n) is 3.78. The molecule has 4 rings (SSSR count). The number of fused-ring (bicyclic) bond motifs is 1. The Morgan fingerprint density at radius 1 is 1.06 bits per heavy atom. The van der Waals surface area contributed by atoms with Gasteiger partial charge in [-0.3, -0.25) is 14.5 Å². The zero-order chi connectivity index (χ0) is 21.8. The topological polar surface area (TPSA) is 52.7 Å². The number of benzene rings is 2. The quantitative estimate of drug-likeness (QED) is 0.615. The molecule has 1 aromatic heterocycles. The first kappa shape index (κ1) is 21.7. The molecular weight excluding hydrogens is 437 g/mol. The van der Waals surface area contributed by atoms with Gasteiger partial charge in [0.05, 0.1) is 13.0 Å². The third kappa shape index (κ3) is 5.61. The average Bonchev–Trinajstić information content (AvgIpc) is 2.98. The first-order chi connectivity index (χ1) is 15.0. The lowest BCUT2D eigenvalue weighted by molar-refractivity contribution is -0.130. The van der Waals surface area contributed by atoms with Crippen LogP contribution in [0.3, 0.4) is 0 Å². The lowest BCUT2D eigenvalue weighted by Crippen LogP contribution is -2.38. The second kappa shape index (κ2) is 9.77. The van der Waals surface area contributed by atoms with Gasteiger partial charge in [-0.25, -0.2) is 4.39 Å². The van der Waals surface area contributed by atoms with Gasteiger partial charge in [-0.2, -0.15) is 0 Å². The molecule has 0 bridgehead atoms. The minimum Gasteiger partial charge on any atom is -0.341 e. The summed E-state index contributed by atoms with van der Waals surface area (Å²) in [6, 6.07) is 11.5. The van der Waals surface area contributed by atoms with Crippen molar-refractivity contribution in [2.45, 2.75) is 12.8 Å². The maximum atomic E-state index is 13.0. The maximum Gasteiger partial charge on any atom is 0.238 e. The molecule has 2 amide bonds.